The monoisotopic (exact) mass is 721 g/mol. The molecular weight excluding hydrogens is 641 g/mol. The first-order valence-corrected chi connectivity index (χ1v) is 22.3. The van der Waals surface area contributed by atoms with Crippen molar-refractivity contribution in [1.29, 1.82) is 0 Å². The van der Waals surface area contributed by atoms with E-state index < -0.39 is 0 Å². The van der Waals surface area contributed by atoms with Crippen LogP contribution in [0, 0.1) is 5.92 Å². The van der Waals surface area contributed by atoms with Crippen LogP contribution in [0.4, 0.5) is 0 Å². The molecule has 0 saturated carbocycles. The maximum atomic E-state index is 13.1. The number of carbonyl (C=O) groups is 1. The Balaban J connectivity index is 1.72. The average molecular weight is 721 g/mol. The van der Waals surface area contributed by atoms with Crippen molar-refractivity contribution >= 4 is 5.97 Å². The molecule has 0 radical (unpaired) electrons. The summed E-state index contributed by atoms with van der Waals surface area (Å²) in [6, 6.07) is 14.4. The van der Waals surface area contributed by atoms with E-state index in [4.69, 9.17) is 4.74 Å². The predicted octanol–water partition coefficient (Wildman–Crippen LogP) is 15.1. The summed E-state index contributed by atoms with van der Waals surface area (Å²) in [4.78, 5) is 13.1. The van der Waals surface area contributed by atoms with E-state index in [1.165, 1.54) is 167 Å². The van der Waals surface area contributed by atoms with E-state index in [1.54, 1.807) is 24.3 Å². The number of rotatable bonds is 35. The largest absolute Gasteiger partial charge is 0.508 e. The highest BCUT2D eigenvalue weighted by Crippen LogP contribution is 2.32. The van der Waals surface area contributed by atoms with Crippen molar-refractivity contribution in [2.75, 3.05) is 6.61 Å². The number of aromatic hydroxyl groups is 2. The third-order valence-corrected chi connectivity index (χ3v) is 11.1. The SMILES string of the molecule is CCCCCCCCCCCCCCCCC(CCCCCCCCCCCCCC)COC(=O)CCC(c1ccc(O)cc1)c1ccc(O)cc1. The van der Waals surface area contributed by atoms with E-state index in [-0.39, 0.29) is 23.4 Å². The van der Waals surface area contributed by atoms with E-state index in [0.29, 0.717) is 25.4 Å². The molecule has 0 heterocycles. The Morgan fingerprint density at radius 3 is 1.10 bits per heavy atom. The van der Waals surface area contributed by atoms with Crippen molar-refractivity contribution < 1.29 is 19.7 Å². The Bertz CT molecular complexity index is 1030. The number of unbranched alkanes of at least 4 members (excludes halogenated alkanes) is 24. The lowest BCUT2D eigenvalue weighted by Gasteiger charge is -2.20. The molecule has 0 aliphatic heterocycles. The van der Waals surface area contributed by atoms with Gasteiger partial charge >= 0.3 is 5.97 Å². The molecule has 0 aliphatic rings. The molecule has 0 aromatic heterocycles. The molecule has 0 saturated heterocycles. The smallest absolute Gasteiger partial charge is 0.305 e. The van der Waals surface area contributed by atoms with Gasteiger partial charge in [0.15, 0.2) is 0 Å². The summed E-state index contributed by atoms with van der Waals surface area (Å²) >= 11 is 0. The molecule has 0 fully saturated rings. The van der Waals surface area contributed by atoms with E-state index in [0.717, 1.165) is 24.0 Å². The lowest BCUT2D eigenvalue weighted by molar-refractivity contribution is -0.145. The third kappa shape index (κ3) is 23.9. The van der Waals surface area contributed by atoms with Crippen LogP contribution in [0.5, 0.6) is 11.5 Å². The van der Waals surface area contributed by atoms with Gasteiger partial charge in [0.2, 0.25) is 0 Å². The van der Waals surface area contributed by atoms with Crippen LogP contribution >= 0.6 is 0 Å². The molecule has 0 spiro atoms. The van der Waals surface area contributed by atoms with Crippen LogP contribution in [0.1, 0.15) is 224 Å². The summed E-state index contributed by atoms with van der Waals surface area (Å²) in [6.07, 6.45) is 38.9. The maximum absolute atomic E-state index is 13.1. The summed E-state index contributed by atoms with van der Waals surface area (Å²) in [5.41, 5.74) is 2.08. The van der Waals surface area contributed by atoms with Gasteiger partial charge in [-0.25, -0.2) is 0 Å². The maximum Gasteiger partial charge on any atom is 0.305 e. The summed E-state index contributed by atoms with van der Waals surface area (Å²) in [6.45, 7) is 5.11. The minimum atomic E-state index is -0.122. The molecule has 2 N–H and O–H groups in total. The lowest BCUT2D eigenvalue weighted by atomic mass is 9.87. The van der Waals surface area contributed by atoms with Gasteiger partial charge in [-0.05, 0) is 60.6 Å². The Kier molecular flexibility index (Phi) is 28.1. The van der Waals surface area contributed by atoms with Gasteiger partial charge in [-0.3, -0.25) is 4.79 Å². The Hall–Kier alpha value is -2.49. The summed E-state index contributed by atoms with van der Waals surface area (Å²) in [5.74, 6) is 0.773. The Labute approximate surface area is 320 Å². The minimum Gasteiger partial charge on any atom is -0.508 e. The van der Waals surface area contributed by atoms with Crippen LogP contribution in [-0.4, -0.2) is 22.8 Å². The van der Waals surface area contributed by atoms with Crippen LogP contribution in [0.15, 0.2) is 48.5 Å². The number of phenols is 2. The Morgan fingerprint density at radius 1 is 0.462 bits per heavy atom. The molecule has 0 aliphatic carbocycles. The van der Waals surface area contributed by atoms with Gasteiger partial charge in [0, 0.05) is 12.3 Å². The summed E-state index contributed by atoms with van der Waals surface area (Å²) in [5, 5.41) is 19.6. The number of benzene rings is 2. The molecule has 1 atom stereocenters. The van der Waals surface area contributed by atoms with E-state index in [2.05, 4.69) is 13.8 Å². The average Bonchev–Trinajstić information content (AvgIpc) is 3.15. The summed E-state index contributed by atoms with van der Waals surface area (Å²) < 4.78 is 5.97. The van der Waals surface area contributed by atoms with Gasteiger partial charge < -0.3 is 14.9 Å². The highest BCUT2D eigenvalue weighted by Gasteiger charge is 2.18. The first-order chi connectivity index (χ1) is 25.5. The van der Waals surface area contributed by atoms with E-state index >= 15 is 0 Å². The normalized spacial score (nSPS) is 12.1. The quantitative estimate of drug-likeness (QED) is 0.0549. The molecule has 0 bridgehead atoms. The van der Waals surface area contributed by atoms with E-state index in [9.17, 15) is 15.0 Å². The fourth-order valence-corrected chi connectivity index (χ4v) is 7.70. The number of esters is 1. The van der Waals surface area contributed by atoms with Gasteiger partial charge in [-0.15, -0.1) is 0 Å². The zero-order valence-corrected chi connectivity index (χ0v) is 33.9. The third-order valence-electron chi connectivity index (χ3n) is 11.1. The van der Waals surface area contributed by atoms with Gasteiger partial charge in [0.05, 0.1) is 6.61 Å². The van der Waals surface area contributed by atoms with Crippen molar-refractivity contribution in [2.24, 2.45) is 5.92 Å². The summed E-state index contributed by atoms with van der Waals surface area (Å²) in [7, 11) is 0. The highest BCUT2D eigenvalue weighted by atomic mass is 16.5. The van der Waals surface area contributed by atoms with Crippen molar-refractivity contribution in [1.82, 2.24) is 0 Å². The molecule has 52 heavy (non-hydrogen) atoms. The topological polar surface area (TPSA) is 66.8 Å². The molecule has 4 nitrogen and oxygen atoms in total. The van der Waals surface area contributed by atoms with Crippen LogP contribution in [-0.2, 0) is 9.53 Å². The number of hydrogen-bond acceptors (Lipinski definition) is 4. The van der Waals surface area contributed by atoms with Gasteiger partial charge in [-0.1, -0.05) is 205 Å². The van der Waals surface area contributed by atoms with Crippen LogP contribution < -0.4 is 0 Å². The van der Waals surface area contributed by atoms with Crippen LogP contribution in [0.2, 0.25) is 0 Å². The lowest BCUT2D eigenvalue weighted by Crippen LogP contribution is -2.15. The van der Waals surface area contributed by atoms with Gasteiger partial charge in [0.25, 0.3) is 0 Å². The molecule has 2 rings (SSSR count). The number of carbonyl (C=O) groups excluding carboxylic acids is 1. The predicted molar refractivity (Wildman–Crippen MR) is 222 cm³/mol. The van der Waals surface area contributed by atoms with Crippen molar-refractivity contribution in [3.8, 4) is 11.5 Å². The first-order valence-electron chi connectivity index (χ1n) is 22.3. The zero-order chi connectivity index (χ0) is 37.3. The highest BCUT2D eigenvalue weighted by molar-refractivity contribution is 5.69. The van der Waals surface area contributed by atoms with Gasteiger partial charge in [0.1, 0.15) is 11.5 Å². The molecule has 1 unspecified atom stereocenters. The molecule has 2 aromatic carbocycles. The molecular formula is C48H80O4. The van der Waals surface area contributed by atoms with Crippen LogP contribution in [0.3, 0.4) is 0 Å². The van der Waals surface area contributed by atoms with Gasteiger partial charge in [-0.2, -0.15) is 0 Å². The fourth-order valence-electron chi connectivity index (χ4n) is 7.70. The van der Waals surface area contributed by atoms with E-state index in [1.807, 2.05) is 24.3 Å². The zero-order valence-electron chi connectivity index (χ0n) is 33.9. The first kappa shape index (κ1) is 45.7. The number of phenolic OH excluding ortho intramolecular Hbond substituents is 2. The standard InChI is InChI=1S/C48H80O4/c1-3-5-7-9-11-13-15-17-18-20-22-24-26-28-30-42(29-27-25-23-21-19-16-14-12-10-8-6-4-2)41-52-48(51)40-39-47(43-31-35-45(49)36-32-43)44-33-37-46(50)38-34-44/h31-38,42,47,49-50H,3-30,39-41H2,1-2H3. The second kappa shape index (κ2) is 32.0. The van der Waals surface area contributed by atoms with Crippen molar-refractivity contribution in [2.45, 2.75) is 212 Å². The molecule has 0 amide bonds. The second-order valence-electron chi connectivity index (χ2n) is 15.9. The molecule has 4 heteroatoms. The number of ether oxygens (including phenoxy) is 1. The molecule has 296 valence electrons. The van der Waals surface area contributed by atoms with Crippen molar-refractivity contribution in [3.63, 3.8) is 0 Å². The number of hydrogen-bond donors (Lipinski definition) is 2. The minimum absolute atomic E-state index is 0.0128. The molecule has 2 aromatic rings. The Morgan fingerprint density at radius 2 is 0.769 bits per heavy atom. The second-order valence-corrected chi connectivity index (χ2v) is 15.9. The van der Waals surface area contributed by atoms with Crippen LogP contribution in [0.25, 0.3) is 0 Å². The fraction of sp³-hybridized carbons (Fsp3) is 0.729. The van der Waals surface area contributed by atoms with Crippen molar-refractivity contribution in [3.05, 3.63) is 59.7 Å².